The molecule has 1 aliphatic carbocycles. The number of nitrogens with one attached hydrogen (secondary N) is 1. The SMILES string of the molecule is CN(C(=O)C(=O)NC[C@@H]1[C@@H](CCCCCCC(=O)O)[C@@H]2CC[C@H]1O2)C1CCCCC1. The molecule has 170 valence electrons. The molecule has 2 amide bonds. The molecule has 2 N–H and O–H groups in total. The quantitative estimate of drug-likeness (QED) is 0.417. The van der Waals surface area contributed by atoms with Crippen molar-refractivity contribution in [1.82, 2.24) is 10.2 Å². The first kappa shape index (κ1) is 23.0. The second kappa shape index (κ2) is 11.1. The monoisotopic (exact) mass is 422 g/mol. The van der Waals surface area contributed by atoms with Gasteiger partial charge in [-0.25, -0.2) is 0 Å². The van der Waals surface area contributed by atoms with E-state index < -0.39 is 17.8 Å². The van der Waals surface area contributed by atoms with E-state index in [-0.39, 0.29) is 30.6 Å². The second-order valence-corrected chi connectivity index (χ2v) is 9.38. The van der Waals surface area contributed by atoms with E-state index in [9.17, 15) is 14.4 Å². The summed E-state index contributed by atoms with van der Waals surface area (Å²) in [5.74, 6) is -0.926. The van der Waals surface area contributed by atoms with Crippen molar-refractivity contribution >= 4 is 17.8 Å². The summed E-state index contributed by atoms with van der Waals surface area (Å²) in [6.45, 7) is 0.508. The Morgan fingerprint density at radius 1 is 0.933 bits per heavy atom. The van der Waals surface area contributed by atoms with Crippen molar-refractivity contribution in [2.24, 2.45) is 11.8 Å². The number of nitrogens with zero attached hydrogens (tertiary/aromatic N) is 1. The maximum absolute atomic E-state index is 12.5. The highest BCUT2D eigenvalue weighted by Gasteiger charge is 2.48. The highest BCUT2D eigenvalue weighted by Crippen LogP contribution is 2.45. The summed E-state index contributed by atoms with van der Waals surface area (Å²) in [5, 5.41) is 11.6. The fourth-order valence-electron chi connectivity index (χ4n) is 5.64. The third-order valence-electron chi connectivity index (χ3n) is 7.40. The number of carbonyl (C=O) groups is 3. The Kier molecular flexibility index (Phi) is 8.54. The van der Waals surface area contributed by atoms with Crippen molar-refractivity contribution in [3.05, 3.63) is 0 Å². The number of rotatable bonds is 10. The van der Waals surface area contributed by atoms with E-state index in [4.69, 9.17) is 9.84 Å². The van der Waals surface area contributed by atoms with E-state index in [2.05, 4.69) is 5.32 Å². The van der Waals surface area contributed by atoms with Gasteiger partial charge in [-0.1, -0.05) is 38.5 Å². The molecule has 7 nitrogen and oxygen atoms in total. The number of carboxylic acids is 1. The van der Waals surface area contributed by atoms with Crippen molar-refractivity contribution in [2.75, 3.05) is 13.6 Å². The Balaban J connectivity index is 1.41. The number of fused-ring (bicyclic) bond motifs is 2. The van der Waals surface area contributed by atoms with Crippen molar-refractivity contribution in [3.63, 3.8) is 0 Å². The van der Waals surface area contributed by atoms with Crippen LogP contribution in [0, 0.1) is 11.8 Å². The zero-order valence-electron chi connectivity index (χ0n) is 18.3. The number of hydrogen-bond donors (Lipinski definition) is 2. The van der Waals surface area contributed by atoms with Gasteiger partial charge in [0.25, 0.3) is 0 Å². The van der Waals surface area contributed by atoms with Gasteiger partial charge in [0.2, 0.25) is 0 Å². The van der Waals surface area contributed by atoms with Crippen LogP contribution in [0.2, 0.25) is 0 Å². The Morgan fingerprint density at radius 2 is 1.60 bits per heavy atom. The van der Waals surface area contributed by atoms with Gasteiger partial charge in [0, 0.05) is 32.0 Å². The standard InChI is InChI=1S/C23H38N2O5/c1-25(16-9-5-4-6-10-16)23(29)22(28)24-15-18-17(19-13-14-20(18)30-19)11-7-2-3-8-12-21(26)27/h16-20H,2-15H2,1H3,(H,24,28)(H,26,27)/t17-,18-,19+,20-/m1/s1. The van der Waals surface area contributed by atoms with Crippen molar-refractivity contribution in [2.45, 2.75) is 102 Å². The number of ether oxygens (including phenoxy) is 1. The van der Waals surface area contributed by atoms with Gasteiger partial charge < -0.3 is 20.1 Å². The van der Waals surface area contributed by atoms with Gasteiger partial charge in [0.15, 0.2) is 0 Å². The normalized spacial score (nSPS) is 28.4. The van der Waals surface area contributed by atoms with E-state index in [1.165, 1.54) is 6.42 Å². The van der Waals surface area contributed by atoms with Gasteiger partial charge in [0.1, 0.15) is 0 Å². The molecule has 0 radical (unpaired) electrons. The number of aliphatic carboxylic acids is 1. The number of amides is 2. The number of unbranched alkanes of at least 4 members (excludes halogenated alkanes) is 3. The van der Waals surface area contributed by atoms with E-state index in [1.54, 1.807) is 11.9 Å². The molecular weight excluding hydrogens is 384 g/mol. The molecule has 0 aromatic carbocycles. The summed E-state index contributed by atoms with van der Waals surface area (Å²) >= 11 is 0. The van der Waals surface area contributed by atoms with Crippen LogP contribution >= 0.6 is 0 Å². The van der Waals surface area contributed by atoms with E-state index in [0.717, 1.165) is 70.6 Å². The van der Waals surface area contributed by atoms with Gasteiger partial charge in [-0.3, -0.25) is 14.4 Å². The number of carboxylic acid groups (broad SMARTS) is 1. The minimum atomic E-state index is -0.726. The lowest BCUT2D eigenvalue weighted by molar-refractivity contribution is -0.146. The lowest BCUT2D eigenvalue weighted by atomic mass is 9.76. The summed E-state index contributed by atoms with van der Waals surface area (Å²) < 4.78 is 6.12. The summed E-state index contributed by atoms with van der Waals surface area (Å²) in [6.07, 6.45) is 13.1. The van der Waals surface area contributed by atoms with Crippen LogP contribution in [0.5, 0.6) is 0 Å². The minimum Gasteiger partial charge on any atom is -0.481 e. The van der Waals surface area contributed by atoms with E-state index >= 15 is 0 Å². The third-order valence-corrected chi connectivity index (χ3v) is 7.40. The predicted octanol–water partition coefficient (Wildman–Crippen LogP) is 3.11. The molecule has 2 saturated heterocycles. The molecule has 2 aliphatic heterocycles. The summed E-state index contributed by atoms with van der Waals surface area (Å²) in [6, 6.07) is 0.191. The van der Waals surface area contributed by atoms with Gasteiger partial charge >= 0.3 is 17.8 Å². The summed E-state index contributed by atoms with van der Waals surface area (Å²) in [5.41, 5.74) is 0. The molecule has 3 aliphatic rings. The third kappa shape index (κ3) is 5.96. The van der Waals surface area contributed by atoms with Crippen LogP contribution in [-0.4, -0.2) is 59.6 Å². The predicted molar refractivity (Wildman–Crippen MR) is 113 cm³/mol. The molecule has 7 heteroatoms. The van der Waals surface area contributed by atoms with Crippen LogP contribution in [0.15, 0.2) is 0 Å². The molecule has 30 heavy (non-hydrogen) atoms. The summed E-state index contributed by atoms with van der Waals surface area (Å²) in [7, 11) is 1.76. The molecule has 2 bridgehead atoms. The molecule has 1 saturated carbocycles. The van der Waals surface area contributed by atoms with E-state index in [0.29, 0.717) is 12.5 Å². The Bertz CT molecular complexity index is 604. The number of carbonyl (C=O) groups excluding carboxylic acids is 2. The zero-order valence-corrected chi connectivity index (χ0v) is 18.3. The maximum atomic E-state index is 12.5. The van der Waals surface area contributed by atoms with Crippen LogP contribution in [0.25, 0.3) is 0 Å². The maximum Gasteiger partial charge on any atom is 0.311 e. The van der Waals surface area contributed by atoms with Crippen LogP contribution in [-0.2, 0) is 19.1 Å². The molecular formula is C23H38N2O5. The Morgan fingerprint density at radius 3 is 2.30 bits per heavy atom. The molecule has 2 heterocycles. The minimum absolute atomic E-state index is 0.191. The first-order valence-corrected chi connectivity index (χ1v) is 11.9. The Labute approximate surface area is 179 Å². The average Bonchev–Trinajstić information content (AvgIpc) is 3.35. The zero-order chi connectivity index (χ0) is 21.5. The summed E-state index contributed by atoms with van der Waals surface area (Å²) in [4.78, 5) is 37.3. The number of likely N-dealkylation sites (N-methyl/N-ethyl adjacent to an activating group) is 1. The topological polar surface area (TPSA) is 95.9 Å². The van der Waals surface area contributed by atoms with Crippen LogP contribution in [0.4, 0.5) is 0 Å². The van der Waals surface area contributed by atoms with Crippen molar-refractivity contribution < 1.29 is 24.2 Å². The highest BCUT2D eigenvalue weighted by atomic mass is 16.5. The first-order valence-electron chi connectivity index (χ1n) is 11.9. The lowest BCUT2D eigenvalue weighted by Gasteiger charge is -2.31. The molecule has 0 aromatic rings. The fourth-order valence-corrected chi connectivity index (χ4v) is 5.64. The highest BCUT2D eigenvalue weighted by molar-refractivity contribution is 6.35. The fraction of sp³-hybridized carbons (Fsp3) is 0.870. The number of hydrogen-bond acceptors (Lipinski definition) is 4. The molecule has 4 atom stereocenters. The van der Waals surface area contributed by atoms with Gasteiger partial charge in [0.05, 0.1) is 12.2 Å². The molecule has 0 unspecified atom stereocenters. The smallest absolute Gasteiger partial charge is 0.311 e. The molecule has 3 rings (SSSR count). The molecule has 3 fully saturated rings. The largest absolute Gasteiger partial charge is 0.481 e. The van der Waals surface area contributed by atoms with Crippen LogP contribution < -0.4 is 5.32 Å². The first-order chi connectivity index (χ1) is 14.5. The van der Waals surface area contributed by atoms with Gasteiger partial charge in [-0.05, 0) is 44.4 Å². The molecule has 0 aromatic heterocycles. The van der Waals surface area contributed by atoms with Crippen molar-refractivity contribution in [3.8, 4) is 0 Å². The van der Waals surface area contributed by atoms with Gasteiger partial charge in [-0.15, -0.1) is 0 Å². The van der Waals surface area contributed by atoms with Crippen LogP contribution in [0.1, 0.15) is 83.5 Å². The second-order valence-electron chi connectivity index (χ2n) is 9.38. The van der Waals surface area contributed by atoms with E-state index in [1.807, 2.05) is 0 Å². The van der Waals surface area contributed by atoms with Crippen LogP contribution in [0.3, 0.4) is 0 Å². The Hall–Kier alpha value is -1.63. The van der Waals surface area contributed by atoms with Gasteiger partial charge in [-0.2, -0.15) is 0 Å². The lowest BCUT2D eigenvalue weighted by Crippen LogP contribution is -2.48. The van der Waals surface area contributed by atoms with Crippen molar-refractivity contribution in [1.29, 1.82) is 0 Å². The molecule has 0 spiro atoms. The average molecular weight is 423 g/mol.